The van der Waals surface area contributed by atoms with Gasteiger partial charge < -0.3 is 64.6 Å². The Labute approximate surface area is 972 Å². The molecule has 5 heterocycles. The van der Waals surface area contributed by atoms with Crippen LogP contribution in [0.5, 0.6) is 0 Å². The zero-order valence-corrected chi connectivity index (χ0v) is 94.6. The van der Waals surface area contributed by atoms with Gasteiger partial charge in [-0.05, 0) is 236 Å². The number of fused-ring (bicyclic) bond motifs is 2. The van der Waals surface area contributed by atoms with E-state index in [0.29, 0.717) is 88.9 Å². The molecule has 4 amide bonds. The Morgan fingerprint density at radius 2 is 0.808 bits per heavy atom. The Balaban J connectivity index is 0.000000275. The molecule has 0 radical (unpaired) electrons. The summed E-state index contributed by atoms with van der Waals surface area (Å²) >= 11 is 18.3. The first-order valence-electron chi connectivity index (χ1n) is 46.0. The average molecular weight is 2130 g/mol. The fraction of sp³-hybridized carbons (Fsp3) is 0.297. The molecule has 0 aliphatic heterocycles. The second-order valence-electron chi connectivity index (χ2n) is 38.4. The number of nitrogens with two attached hydrogens (primary N) is 1. The summed E-state index contributed by atoms with van der Waals surface area (Å²) in [6, 6.07) is 65.6. The number of amides is 4. The van der Waals surface area contributed by atoms with Gasteiger partial charge in [-0.15, -0.1) is 6.07 Å². The van der Waals surface area contributed by atoms with Crippen molar-refractivity contribution in [3.8, 4) is 44.8 Å². The minimum absolute atomic E-state index is 0. The number of hydrogen-bond acceptors (Lipinski definition) is 19. The van der Waals surface area contributed by atoms with Crippen LogP contribution in [0.3, 0.4) is 0 Å². The maximum Gasteiger partial charge on any atom is 2.00 e. The number of ether oxygens (including phenoxy) is 4. The van der Waals surface area contributed by atoms with Crippen molar-refractivity contribution >= 4 is 134 Å². The third-order valence-corrected chi connectivity index (χ3v) is 24.5. The van der Waals surface area contributed by atoms with Crippen molar-refractivity contribution < 1.29 is 197 Å². The molecular weight excluding hydrogens is 2020 g/mol. The minimum atomic E-state index is -0.650. The van der Waals surface area contributed by atoms with Crippen LogP contribution in [0.1, 0.15) is 216 Å². The maximum atomic E-state index is 14.9. The van der Waals surface area contributed by atoms with Gasteiger partial charge in [0, 0.05) is 86.1 Å². The third kappa shape index (κ3) is 34.1. The third-order valence-electron chi connectivity index (χ3n) is 23.6. The molecule has 0 unspecified atom stereocenters. The number of rotatable bonds is 17. The first kappa shape index (κ1) is 123. The summed E-state index contributed by atoms with van der Waals surface area (Å²) in [5.74, 6) is -1.40. The zero-order chi connectivity index (χ0) is 103. The summed E-state index contributed by atoms with van der Waals surface area (Å²) in [6.45, 7) is 32.1. The first-order valence-corrected chi connectivity index (χ1v) is 47.1. The predicted octanol–water partition coefficient (Wildman–Crippen LogP) is 17.1. The summed E-state index contributed by atoms with van der Waals surface area (Å²) in [5.41, 5.74) is 16.0. The molecule has 5 aromatic heterocycles. The summed E-state index contributed by atoms with van der Waals surface area (Å²) < 4.78 is 76.8. The SMILES string of the molecule is CC(C)(C)OC(=O)NC1(c2ccc(-c3nc4ccnc(Cl)c4cc3-c3ccccc3F)cc2)CCC1.CC(C)(C)OC(=O)NC1(c2ccc(C(=O)Cc3ccccc3F)cc2)CCC1.CC(C)(C)OC(=O)Nc1ccnc(Cl)c1C=O.NC1(c2ccc(-c3nc4ccnc(Cl)c4cc3-c3ccccc3F)cc2)CCC1.O=CO[O-].[C-]#[N+]c1ccc(C2(NC(=O)OC(C)(C)C)CCC2)cc1.[CH2-]c1ccccc1F.[Cl-].[H-].[K+].[K+].[Mg+2]. The number of anilines is 1. The van der Waals surface area contributed by atoms with E-state index in [1.165, 1.54) is 36.5 Å². The van der Waals surface area contributed by atoms with Gasteiger partial charge in [-0.2, -0.15) is 18.6 Å². The van der Waals surface area contributed by atoms with Crippen molar-refractivity contribution in [2.45, 2.75) is 211 Å². The number of nitrogens with zero attached hydrogens (tertiary/aromatic N) is 6. The molecule has 4 aliphatic carbocycles. The summed E-state index contributed by atoms with van der Waals surface area (Å²) in [5, 5.41) is 22.0. The largest absolute Gasteiger partial charge is 2.00 e. The molecule has 24 nitrogen and oxygen atoms in total. The van der Waals surface area contributed by atoms with E-state index in [1.807, 2.05) is 147 Å². The predicted molar refractivity (Wildman–Crippen MR) is 548 cm³/mol. The van der Waals surface area contributed by atoms with Crippen LogP contribution in [0.25, 0.3) is 71.4 Å². The molecule has 35 heteroatoms. The smallest absolute Gasteiger partial charge is 1.00 e. The Kier molecular flexibility index (Phi) is 46.4. The van der Waals surface area contributed by atoms with Crippen molar-refractivity contribution in [3.05, 3.63) is 345 Å². The Bertz CT molecular complexity index is 6710. The normalized spacial score (nSPS) is 13.8. The van der Waals surface area contributed by atoms with Crippen molar-refractivity contribution in [1.29, 1.82) is 0 Å². The van der Waals surface area contributed by atoms with Gasteiger partial charge in [0.1, 0.15) is 55.3 Å². The van der Waals surface area contributed by atoms with E-state index < -0.39 is 51.8 Å². The molecule has 6 N–H and O–H groups in total. The number of carbonyl (C=O) groups excluding carboxylic acids is 7. The molecular formula is C111H113Cl4F4K2MgN11O13. The molecule has 4 saturated carbocycles. The average Bonchev–Trinajstić information content (AvgIpc) is 0.767. The molecule has 17 rings (SSSR count). The molecule has 0 bridgehead atoms. The number of alkyl carbamates (subject to hydrolysis) is 3. The van der Waals surface area contributed by atoms with Gasteiger partial charge in [0.25, 0.3) is 6.47 Å². The number of pyridine rings is 5. The van der Waals surface area contributed by atoms with Gasteiger partial charge in [-0.3, -0.25) is 24.1 Å². The number of ketones is 1. The van der Waals surface area contributed by atoms with Crippen molar-refractivity contribution in [2.24, 2.45) is 5.73 Å². The van der Waals surface area contributed by atoms with Crippen molar-refractivity contribution in [1.82, 2.24) is 40.9 Å². The van der Waals surface area contributed by atoms with E-state index in [4.69, 9.17) is 86.1 Å². The summed E-state index contributed by atoms with van der Waals surface area (Å²) in [4.78, 5) is 108. The van der Waals surface area contributed by atoms with Crippen LogP contribution in [-0.4, -0.2) is 113 Å². The van der Waals surface area contributed by atoms with E-state index in [0.717, 1.165) is 116 Å². The summed E-state index contributed by atoms with van der Waals surface area (Å²) in [7, 11) is 0. The van der Waals surface area contributed by atoms with Gasteiger partial charge in [0.05, 0.1) is 56.9 Å². The molecule has 4 aliphatic rings. The number of hydrogen-bond donors (Lipinski definition) is 5. The van der Waals surface area contributed by atoms with Crippen LogP contribution < -0.4 is 147 Å². The standard InChI is InChI=1S/C29H27ClFN3O2.C24H19ClFN3.C23H26FNO3.C16H20N2O2.C11H13ClN2O3.C7H6F.CH2O3.ClH.2K.Mg.H/c1-28(2,3)36-27(35)34-29(14-6-15-29)19-11-9-18(10-12-19)25-21(20-7-4-5-8-23(20)31)17-22-24(33-25)13-16-32-26(22)30;25-23-19-14-18(17-4-1-2-5-20(17)26)22(29-21(19)10-13-28-23)15-6-8-16(9-7-15)24(27)11-3-12-24;1-22(2,3)28-21(27)25-23(13-6-14-23)18-11-9-16(10-12-18)20(26)15-17-7-4-5-8-19(17)24;1-15(2,3)20-14(19)18-16(10-5-11-16)12-6-8-13(17-4)9-7-12;1-11(2,3)17-10(16)14-8-4-5-13-9(12)7(8)6-15;1-6-4-2-3-5-7(6)8;2-1-4-3;;;;;/h4-5,7-13,16-17H,6,14-15H2,1-3H3,(H,34,35);1-2,4-10,13-14H,3,11-12,27H2;4-5,7-12H,6,13-15H2,1-3H3,(H,25,27);6-9H,5,10-11H2,1-3H3,(H,18,19);4-6H,1-3H3,(H,13,14,16);2-5H,1H2;1,3H;1H;;;;/q;;;;;-1;;;2*+1;+2;-1/p-2. The van der Waals surface area contributed by atoms with E-state index in [-0.39, 0.29) is 215 Å². The van der Waals surface area contributed by atoms with Gasteiger partial charge in [0.2, 0.25) is 0 Å². The van der Waals surface area contributed by atoms with Crippen LogP contribution in [0.15, 0.2) is 243 Å². The Morgan fingerprint density at radius 3 is 1.14 bits per heavy atom. The summed E-state index contributed by atoms with van der Waals surface area (Å²) in [6.07, 6.45) is 14.7. The van der Waals surface area contributed by atoms with Crippen LogP contribution in [0, 0.1) is 36.8 Å². The quantitative estimate of drug-likeness (QED) is 0.00651. The van der Waals surface area contributed by atoms with Gasteiger partial charge in [0.15, 0.2) is 17.8 Å². The van der Waals surface area contributed by atoms with Crippen LogP contribution in [0.2, 0.25) is 15.5 Å². The van der Waals surface area contributed by atoms with E-state index >= 15 is 0 Å². The number of aldehydes is 1. The Hall–Kier alpha value is -9.88. The minimum Gasteiger partial charge on any atom is -1.00 e. The fourth-order valence-electron chi connectivity index (χ4n) is 16.0. The first-order chi connectivity index (χ1) is 67.3. The van der Waals surface area contributed by atoms with E-state index in [1.54, 1.807) is 130 Å². The second-order valence-corrected chi connectivity index (χ2v) is 39.5. The maximum absolute atomic E-state index is 14.9. The zero-order valence-electron chi connectivity index (χ0n) is 84.9. The topological polar surface area (TPSA) is 332 Å². The number of nitrogens with one attached hydrogen (secondary N) is 4. The van der Waals surface area contributed by atoms with E-state index in [9.17, 15) is 46.3 Å². The molecule has 146 heavy (non-hydrogen) atoms. The van der Waals surface area contributed by atoms with Crippen LogP contribution in [-0.2, 0) is 57.2 Å². The Morgan fingerprint density at radius 1 is 0.466 bits per heavy atom. The number of halogens is 8. The molecule has 0 atom stereocenters. The molecule has 0 spiro atoms. The van der Waals surface area contributed by atoms with Gasteiger partial charge in [-0.25, -0.2) is 62.1 Å². The molecule has 8 aromatic carbocycles. The van der Waals surface area contributed by atoms with E-state index in [2.05, 4.69) is 65.0 Å². The number of benzene rings is 8. The van der Waals surface area contributed by atoms with Crippen LogP contribution in [0.4, 0.5) is 48.1 Å². The van der Waals surface area contributed by atoms with Crippen molar-refractivity contribution in [2.75, 3.05) is 5.32 Å². The number of Topliss-reactive ketones (excluding diaryl/α,β-unsaturated/α-hetero) is 1. The molecule has 13 aromatic rings. The van der Waals surface area contributed by atoms with Gasteiger partial charge >= 0.3 is 150 Å². The molecule has 0 saturated heterocycles. The second kappa shape index (κ2) is 55.1. The van der Waals surface area contributed by atoms with Gasteiger partial charge in [-0.1, -0.05) is 199 Å². The molecule has 750 valence electrons. The monoisotopic (exact) mass is 2130 g/mol. The van der Waals surface area contributed by atoms with Crippen molar-refractivity contribution in [3.63, 3.8) is 0 Å². The number of aromatic nitrogens is 5. The van der Waals surface area contributed by atoms with Crippen LogP contribution >= 0.6 is 34.8 Å². The molecule has 4 fully saturated rings. The number of carbonyl (C=O) groups is 7. The fourth-order valence-corrected chi connectivity index (χ4v) is 16.6.